The molecule has 1 atom stereocenters. The summed E-state index contributed by atoms with van der Waals surface area (Å²) in [6, 6.07) is 21.2. The highest BCUT2D eigenvalue weighted by molar-refractivity contribution is 6.13. The van der Waals surface area contributed by atoms with Gasteiger partial charge in [-0.15, -0.1) is 6.58 Å². The number of aromatic nitrogens is 1. The minimum atomic E-state index is -0.137. The van der Waals surface area contributed by atoms with Gasteiger partial charge < -0.3 is 9.88 Å². The summed E-state index contributed by atoms with van der Waals surface area (Å²) < 4.78 is 2.31. The van der Waals surface area contributed by atoms with Crippen LogP contribution in [0.1, 0.15) is 42.1 Å². The van der Waals surface area contributed by atoms with Gasteiger partial charge in [-0.05, 0) is 48.2 Å². The molecule has 1 aliphatic carbocycles. The number of benzene rings is 3. The number of carbonyl (C=O) groups excluding carboxylic acids is 1. The molecule has 3 aromatic carbocycles. The van der Waals surface area contributed by atoms with E-state index in [1.165, 1.54) is 44.1 Å². The maximum atomic E-state index is 13.4. The Morgan fingerprint density at radius 3 is 2.66 bits per heavy atom. The molecule has 0 saturated heterocycles. The minimum Gasteiger partial charge on any atom is -0.373 e. The molecule has 0 fully saturated rings. The SMILES string of the molecule is C=CCn1c(C)c([C@H]2Nc3ccc4ccccc4c3C3=C2C(=O)CCC3)c2ccccc21. The van der Waals surface area contributed by atoms with Gasteiger partial charge >= 0.3 is 0 Å². The first-order chi connectivity index (χ1) is 15.7. The molecule has 2 aliphatic rings. The lowest BCUT2D eigenvalue weighted by atomic mass is 9.76. The van der Waals surface area contributed by atoms with Crippen molar-refractivity contribution in [3.63, 3.8) is 0 Å². The number of allylic oxidation sites excluding steroid dienone is 2. The Balaban J connectivity index is 1.66. The third-order valence-corrected chi connectivity index (χ3v) is 7.16. The second kappa shape index (κ2) is 7.23. The van der Waals surface area contributed by atoms with Crippen LogP contribution in [0.4, 0.5) is 5.69 Å². The average Bonchev–Trinajstić information content (AvgIpc) is 3.10. The molecule has 1 N–H and O–H groups in total. The van der Waals surface area contributed by atoms with Gasteiger partial charge in [-0.1, -0.05) is 54.6 Å². The van der Waals surface area contributed by atoms with Gasteiger partial charge in [0.25, 0.3) is 0 Å². The van der Waals surface area contributed by atoms with Crippen molar-refractivity contribution in [2.75, 3.05) is 5.32 Å². The van der Waals surface area contributed by atoms with Crippen LogP contribution in [0.15, 0.2) is 78.9 Å². The number of hydrogen-bond donors (Lipinski definition) is 1. The Kier molecular flexibility index (Phi) is 4.32. The summed E-state index contributed by atoms with van der Waals surface area (Å²) in [4.78, 5) is 13.4. The van der Waals surface area contributed by atoms with Crippen LogP contribution in [0.5, 0.6) is 0 Å². The fourth-order valence-electron chi connectivity index (χ4n) is 5.81. The highest BCUT2D eigenvalue weighted by Crippen LogP contribution is 2.49. The van der Waals surface area contributed by atoms with Gasteiger partial charge in [0.1, 0.15) is 0 Å². The molecule has 4 aromatic rings. The van der Waals surface area contributed by atoms with Crippen molar-refractivity contribution in [2.24, 2.45) is 0 Å². The fourth-order valence-corrected chi connectivity index (χ4v) is 5.81. The zero-order chi connectivity index (χ0) is 21.8. The first kappa shape index (κ1) is 19.1. The average molecular weight is 419 g/mol. The number of nitrogens with zero attached hydrogens (tertiary/aromatic N) is 1. The van der Waals surface area contributed by atoms with E-state index in [2.05, 4.69) is 84.1 Å². The van der Waals surface area contributed by atoms with Gasteiger partial charge in [-0.3, -0.25) is 4.79 Å². The first-order valence-electron chi connectivity index (χ1n) is 11.4. The van der Waals surface area contributed by atoms with E-state index in [9.17, 15) is 4.79 Å². The maximum Gasteiger partial charge on any atom is 0.161 e. The topological polar surface area (TPSA) is 34.0 Å². The summed E-state index contributed by atoms with van der Waals surface area (Å²) in [5, 5.41) is 7.46. The summed E-state index contributed by atoms with van der Waals surface area (Å²) in [6.07, 6.45) is 4.44. The van der Waals surface area contributed by atoms with Gasteiger partial charge in [-0.25, -0.2) is 0 Å². The second-order valence-electron chi connectivity index (χ2n) is 8.87. The molecule has 0 bridgehead atoms. The highest BCUT2D eigenvalue weighted by Gasteiger charge is 2.37. The van der Waals surface area contributed by atoms with E-state index >= 15 is 0 Å². The second-order valence-corrected chi connectivity index (χ2v) is 8.87. The number of carbonyl (C=O) groups is 1. The monoisotopic (exact) mass is 418 g/mol. The molecule has 0 amide bonds. The molecule has 1 aromatic heterocycles. The Morgan fingerprint density at radius 2 is 1.81 bits per heavy atom. The first-order valence-corrected chi connectivity index (χ1v) is 11.4. The fraction of sp³-hybridized carbons (Fsp3) is 0.207. The third-order valence-electron chi connectivity index (χ3n) is 7.16. The van der Waals surface area contributed by atoms with E-state index in [4.69, 9.17) is 0 Å². The van der Waals surface area contributed by atoms with Gasteiger partial charge in [0.15, 0.2) is 5.78 Å². The van der Waals surface area contributed by atoms with Crippen LogP contribution in [0, 0.1) is 6.92 Å². The number of ketones is 1. The molecule has 2 heterocycles. The molecule has 3 nitrogen and oxygen atoms in total. The van der Waals surface area contributed by atoms with Crippen molar-refractivity contribution in [3.05, 3.63) is 95.7 Å². The van der Waals surface area contributed by atoms with E-state index in [1.54, 1.807) is 0 Å². The molecule has 0 spiro atoms. The lowest BCUT2D eigenvalue weighted by Crippen LogP contribution is -2.27. The Labute approximate surface area is 188 Å². The maximum absolute atomic E-state index is 13.4. The molecule has 1 aliphatic heterocycles. The zero-order valence-corrected chi connectivity index (χ0v) is 18.3. The lowest BCUT2D eigenvalue weighted by Gasteiger charge is -2.35. The molecule has 0 saturated carbocycles. The van der Waals surface area contributed by atoms with Crippen LogP contribution in [-0.4, -0.2) is 10.4 Å². The molecule has 0 radical (unpaired) electrons. The Hall–Kier alpha value is -3.59. The van der Waals surface area contributed by atoms with Crippen LogP contribution in [0.25, 0.3) is 27.2 Å². The normalized spacial score (nSPS) is 17.9. The van der Waals surface area contributed by atoms with E-state index in [-0.39, 0.29) is 11.8 Å². The summed E-state index contributed by atoms with van der Waals surface area (Å²) >= 11 is 0. The van der Waals surface area contributed by atoms with Gasteiger partial charge in [0, 0.05) is 51.9 Å². The van der Waals surface area contributed by atoms with Crippen LogP contribution < -0.4 is 5.32 Å². The lowest BCUT2D eigenvalue weighted by molar-refractivity contribution is -0.116. The quantitative estimate of drug-likeness (QED) is 0.365. The van der Waals surface area contributed by atoms with Gasteiger partial charge in [0.05, 0.1) is 6.04 Å². The van der Waals surface area contributed by atoms with Crippen molar-refractivity contribution < 1.29 is 4.79 Å². The number of nitrogens with one attached hydrogen (secondary N) is 1. The standard InChI is InChI=1S/C29H26N2O/c1-3-17-31-18(2)26(21-11-6-7-13-24(21)31)29-28-22(12-8-14-25(28)32)27-20-10-5-4-9-19(20)15-16-23(27)30-29/h3-7,9-11,13,15-16,29-30H,1,8,12,14,17H2,2H3/t29-/m1/s1. The number of anilines is 1. The summed E-state index contributed by atoms with van der Waals surface area (Å²) in [5.74, 6) is 0.280. The predicted octanol–water partition coefficient (Wildman–Crippen LogP) is 6.96. The molecular weight excluding hydrogens is 392 g/mol. The number of Topliss-reactive ketones (excluding diaryl/α,β-unsaturated/α-hetero) is 1. The predicted molar refractivity (Wildman–Crippen MR) is 133 cm³/mol. The Bertz CT molecular complexity index is 1450. The van der Waals surface area contributed by atoms with Crippen molar-refractivity contribution >= 4 is 38.7 Å². The number of para-hydroxylation sites is 1. The highest BCUT2D eigenvalue weighted by atomic mass is 16.1. The Morgan fingerprint density at radius 1 is 1.03 bits per heavy atom. The minimum absolute atomic E-state index is 0.137. The van der Waals surface area contributed by atoms with Crippen LogP contribution in [0.3, 0.4) is 0 Å². The summed E-state index contributed by atoms with van der Waals surface area (Å²) in [5.41, 5.74) is 8.14. The number of hydrogen-bond acceptors (Lipinski definition) is 2. The van der Waals surface area contributed by atoms with E-state index < -0.39 is 0 Å². The molecular formula is C29H26N2O. The number of fused-ring (bicyclic) bond motifs is 5. The van der Waals surface area contributed by atoms with Crippen molar-refractivity contribution in [1.29, 1.82) is 0 Å². The number of rotatable bonds is 3. The molecule has 32 heavy (non-hydrogen) atoms. The smallest absolute Gasteiger partial charge is 0.161 e. The largest absolute Gasteiger partial charge is 0.373 e. The summed E-state index contributed by atoms with van der Waals surface area (Å²) in [6.45, 7) is 6.88. The van der Waals surface area contributed by atoms with Gasteiger partial charge in [-0.2, -0.15) is 0 Å². The third kappa shape index (κ3) is 2.64. The zero-order valence-electron chi connectivity index (χ0n) is 18.3. The van der Waals surface area contributed by atoms with Crippen molar-refractivity contribution in [1.82, 2.24) is 4.57 Å². The van der Waals surface area contributed by atoms with E-state index in [0.717, 1.165) is 30.6 Å². The molecule has 6 rings (SSSR count). The summed E-state index contributed by atoms with van der Waals surface area (Å²) in [7, 11) is 0. The van der Waals surface area contributed by atoms with E-state index in [0.29, 0.717) is 6.42 Å². The van der Waals surface area contributed by atoms with Gasteiger partial charge in [0.2, 0.25) is 0 Å². The van der Waals surface area contributed by atoms with Crippen molar-refractivity contribution in [2.45, 2.75) is 38.8 Å². The molecule has 3 heteroatoms. The molecule has 158 valence electrons. The van der Waals surface area contributed by atoms with E-state index in [1.807, 2.05) is 6.08 Å². The van der Waals surface area contributed by atoms with Crippen molar-refractivity contribution in [3.8, 4) is 0 Å². The van der Waals surface area contributed by atoms with Crippen LogP contribution >= 0.6 is 0 Å². The van der Waals surface area contributed by atoms with Crippen LogP contribution in [0.2, 0.25) is 0 Å². The van der Waals surface area contributed by atoms with Crippen LogP contribution in [-0.2, 0) is 11.3 Å². The molecule has 0 unspecified atom stereocenters.